The summed E-state index contributed by atoms with van der Waals surface area (Å²) in [5, 5.41) is 2.94. The van der Waals surface area contributed by atoms with E-state index in [0.717, 1.165) is 44.8 Å². The Morgan fingerprint density at radius 3 is 2.80 bits per heavy atom. The monoisotopic (exact) mass is 277 g/mol. The van der Waals surface area contributed by atoms with Gasteiger partial charge in [0.15, 0.2) is 0 Å². The minimum Gasteiger partial charge on any atom is -0.399 e. The number of hydrogen-bond donors (Lipinski definition) is 2. The maximum absolute atomic E-state index is 12.0. The van der Waals surface area contributed by atoms with Crippen LogP contribution in [0.5, 0.6) is 0 Å². The van der Waals surface area contributed by atoms with E-state index in [-0.39, 0.29) is 5.91 Å². The first-order valence-electron chi connectivity index (χ1n) is 7.10. The summed E-state index contributed by atoms with van der Waals surface area (Å²) in [6.07, 6.45) is 0.951. The van der Waals surface area contributed by atoms with Crippen molar-refractivity contribution >= 4 is 11.6 Å². The van der Waals surface area contributed by atoms with Crippen molar-refractivity contribution in [3.8, 4) is 0 Å². The highest BCUT2D eigenvalue weighted by atomic mass is 16.5. The van der Waals surface area contributed by atoms with Gasteiger partial charge in [0.1, 0.15) is 0 Å². The number of amides is 1. The third-order valence-electron chi connectivity index (χ3n) is 3.40. The Labute approximate surface area is 120 Å². The van der Waals surface area contributed by atoms with Gasteiger partial charge in [-0.2, -0.15) is 0 Å². The van der Waals surface area contributed by atoms with Crippen molar-refractivity contribution in [2.75, 3.05) is 45.1 Å². The maximum Gasteiger partial charge on any atom is 0.251 e. The molecule has 1 heterocycles. The second kappa shape index (κ2) is 7.26. The summed E-state index contributed by atoms with van der Waals surface area (Å²) in [5.74, 6) is -0.0534. The summed E-state index contributed by atoms with van der Waals surface area (Å²) >= 11 is 0. The van der Waals surface area contributed by atoms with Crippen LogP contribution in [0.3, 0.4) is 0 Å². The molecule has 0 radical (unpaired) electrons. The van der Waals surface area contributed by atoms with E-state index in [4.69, 9.17) is 10.5 Å². The minimum absolute atomic E-state index is 0.0534. The lowest BCUT2D eigenvalue weighted by Crippen LogP contribution is -2.38. The number of nitrogens with two attached hydrogens (primary N) is 1. The van der Waals surface area contributed by atoms with Gasteiger partial charge in [0.25, 0.3) is 5.91 Å². The third-order valence-corrected chi connectivity index (χ3v) is 3.40. The SMILES string of the molecule is Cc1cc(N)cc(C(=O)NCCCN2CCOCC2)c1. The highest BCUT2D eigenvalue weighted by Crippen LogP contribution is 2.11. The summed E-state index contributed by atoms with van der Waals surface area (Å²) < 4.78 is 5.30. The number of carbonyl (C=O) groups excluding carboxylic acids is 1. The number of nitrogen functional groups attached to an aromatic ring is 1. The van der Waals surface area contributed by atoms with Gasteiger partial charge in [-0.25, -0.2) is 0 Å². The number of carbonyl (C=O) groups is 1. The summed E-state index contributed by atoms with van der Waals surface area (Å²) in [4.78, 5) is 14.4. The highest BCUT2D eigenvalue weighted by molar-refractivity contribution is 5.95. The standard InChI is InChI=1S/C15H23N3O2/c1-12-9-13(11-14(16)10-12)15(19)17-3-2-4-18-5-7-20-8-6-18/h9-11H,2-8,16H2,1H3,(H,17,19). The van der Waals surface area contributed by atoms with Crippen LogP contribution in [0.25, 0.3) is 0 Å². The molecule has 1 aromatic carbocycles. The molecule has 1 aliphatic rings. The molecule has 0 unspecified atom stereocenters. The number of hydrogen-bond acceptors (Lipinski definition) is 4. The second-order valence-electron chi connectivity index (χ2n) is 5.20. The van der Waals surface area contributed by atoms with Gasteiger partial charge >= 0.3 is 0 Å². The Balaban J connectivity index is 1.71. The van der Waals surface area contributed by atoms with Crippen LogP contribution in [0, 0.1) is 6.92 Å². The van der Waals surface area contributed by atoms with E-state index in [1.165, 1.54) is 0 Å². The van der Waals surface area contributed by atoms with Crippen molar-refractivity contribution in [3.63, 3.8) is 0 Å². The fraction of sp³-hybridized carbons (Fsp3) is 0.533. The summed E-state index contributed by atoms with van der Waals surface area (Å²) in [7, 11) is 0. The van der Waals surface area contributed by atoms with E-state index < -0.39 is 0 Å². The molecule has 5 nitrogen and oxygen atoms in total. The topological polar surface area (TPSA) is 67.6 Å². The zero-order valence-corrected chi connectivity index (χ0v) is 12.0. The molecule has 0 aromatic heterocycles. The lowest BCUT2D eigenvalue weighted by molar-refractivity contribution is 0.0374. The fourth-order valence-corrected chi connectivity index (χ4v) is 2.38. The van der Waals surface area contributed by atoms with E-state index in [0.29, 0.717) is 17.8 Å². The van der Waals surface area contributed by atoms with Crippen LogP contribution in [0.1, 0.15) is 22.3 Å². The molecular weight excluding hydrogens is 254 g/mol. The second-order valence-corrected chi connectivity index (χ2v) is 5.20. The van der Waals surface area contributed by atoms with E-state index in [9.17, 15) is 4.79 Å². The Hall–Kier alpha value is -1.59. The van der Waals surface area contributed by atoms with Crippen molar-refractivity contribution in [3.05, 3.63) is 29.3 Å². The van der Waals surface area contributed by atoms with E-state index in [2.05, 4.69) is 10.2 Å². The molecule has 0 spiro atoms. The molecule has 5 heteroatoms. The molecule has 0 bridgehead atoms. The van der Waals surface area contributed by atoms with Gasteiger partial charge in [0, 0.05) is 30.9 Å². The number of benzene rings is 1. The molecule has 0 saturated carbocycles. The van der Waals surface area contributed by atoms with Crippen LogP contribution in [-0.2, 0) is 4.74 Å². The Bertz CT molecular complexity index is 436. The van der Waals surface area contributed by atoms with Crippen molar-refractivity contribution in [2.24, 2.45) is 0 Å². The van der Waals surface area contributed by atoms with E-state index in [1.54, 1.807) is 6.07 Å². The molecule has 0 aliphatic carbocycles. The van der Waals surface area contributed by atoms with Crippen molar-refractivity contribution < 1.29 is 9.53 Å². The van der Waals surface area contributed by atoms with Crippen LogP contribution >= 0.6 is 0 Å². The first-order chi connectivity index (χ1) is 9.65. The molecule has 20 heavy (non-hydrogen) atoms. The zero-order chi connectivity index (χ0) is 14.4. The lowest BCUT2D eigenvalue weighted by Gasteiger charge is -2.26. The molecule has 1 saturated heterocycles. The summed E-state index contributed by atoms with van der Waals surface area (Å²) in [6, 6.07) is 5.42. The maximum atomic E-state index is 12.0. The average Bonchev–Trinajstić information content (AvgIpc) is 2.43. The smallest absolute Gasteiger partial charge is 0.251 e. The summed E-state index contributed by atoms with van der Waals surface area (Å²) in [6.45, 7) is 7.23. The number of ether oxygens (including phenoxy) is 1. The van der Waals surface area contributed by atoms with E-state index in [1.807, 2.05) is 19.1 Å². The van der Waals surface area contributed by atoms with Gasteiger partial charge in [-0.05, 0) is 43.7 Å². The van der Waals surface area contributed by atoms with Gasteiger partial charge in [-0.3, -0.25) is 9.69 Å². The number of morpholine rings is 1. The van der Waals surface area contributed by atoms with Gasteiger partial charge in [-0.1, -0.05) is 0 Å². The first kappa shape index (κ1) is 14.8. The van der Waals surface area contributed by atoms with Crippen molar-refractivity contribution in [2.45, 2.75) is 13.3 Å². The van der Waals surface area contributed by atoms with Crippen LogP contribution in [0.4, 0.5) is 5.69 Å². The van der Waals surface area contributed by atoms with Crippen LogP contribution < -0.4 is 11.1 Å². The predicted octanol–water partition coefficient (Wildman–Crippen LogP) is 1.03. The lowest BCUT2D eigenvalue weighted by atomic mass is 10.1. The fourth-order valence-electron chi connectivity index (χ4n) is 2.38. The third kappa shape index (κ3) is 4.51. The van der Waals surface area contributed by atoms with Gasteiger partial charge in [0.05, 0.1) is 13.2 Å². The van der Waals surface area contributed by atoms with E-state index >= 15 is 0 Å². The quantitative estimate of drug-likeness (QED) is 0.623. The van der Waals surface area contributed by atoms with Crippen LogP contribution in [-0.4, -0.2) is 50.2 Å². The molecule has 1 fully saturated rings. The average molecular weight is 277 g/mol. The minimum atomic E-state index is -0.0534. The first-order valence-corrected chi connectivity index (χ1v) is 7.10. The van der Waals surface area contributed by atoms with Gasteiger partial charge in [-0.15, -0.1) is 0 Å². The van der Waals surface area contributed by atoms with Crippen molar-refractivity contribution in [1.82, 2.24) is 10.2 Å². The molecule has 1 amide bonds. The molecule has 2 rings (SSSR count). The highest BCUT2D eigenvalue weighted by Gasteiger charge is 2.10. The normalized spacial score (nSPS) is 16.1. The van der Waals surface area contributed by atoms with Crippen LogP contribution in [0.15, 0.2) is 18.2 Å². The zero-order valence-electron chi connectivity index (χ0n) is 12.0. The molecule has 0 atom stereocenters. The van der Waals surface area contributed by atoms with Crippen LogP contribution in [0.2, 0.25) is 0 Å². The molecule has 1 aliphatic heterocycles. The molecular formula is C15H23N3O2. The molecule has 1 aromatic rings. The number of rotatable bonds is 5. The molecule has 110 valence electrons. The Kier molecular flexibility index (Phi) is 5.38. The van der Waals surface area contributed by atoms with Gasteiger partial charge < -0.3 is 15.8 Å². The Morgan fingerprint density at radius 2 is 2.10 bits per heavy atom. The number of aryl methyl sites for hydroxylation is 1. The van der Waals surface area contributed by atoms with Gasteiger partial charge in [0.2, 0.25) is 0 Å². The van der Waals surface area contributed by atoms with Crippen molar-refractivity contribution in [1.29, 1.82) is 0 Å². The number of nitrogens with zero attached hydrogens (tertiary/aromatic N) is 1. The number of anilines is 1. The largest absolute Gasteiger partial charge is 0.399 e. The Morgan fingerprint density at radius 1 is 1.35 bits per heavy atom. The molecule has 3 N–H and O–H groups in total. The predicted molar refractivity (Wildman–Crippen MR) is 79.8 cm³/mol. The number of nitrogens with one attached hydrogen (secondary N) is 1. The summed E-state index contributed by atoms with van der Waals surface area (Å²) in [5.41, 5.74) is 8.02.